The molecule has 3 aromatic rings. The van der Waals surface area contributed by atoms with Crippen LogP contribution < -0.4 is 9.47 Å². The molecule has 5 nitrogen and oxygen atoms in total. The number of ether oxygens (including phenoxy) is 2. The van der Waals surface area contributed by atoms with E-state index in [1.54, 1.807) is 18.2 Å². The first-order chi connectivity index (χ1) is 17.4. The van der Waals surface area contributed by atoms with Gasteiger partial charge in [-0.1, -0.05) is 23.9 Å². The van der Waals surface area contributed by atoms with Crippen molar-refractivity contribution in [2.24, 2.45) is 11.0 Å². The minimum Gasteiger partial charge on any atom is -0.492 e. The predicted octanol–water partition coefficient (Wildman–Crippen LogP) is 6.29. The largest absolute Gasteiger partial charge is 0.492 e. The third-order valence-electron chi connectivity index (χ3n) is 5.81. The molecule has 0 radical (unpaired) electrons. The monoisotopic (exact) mass is 516 g/mol. The predicted molar refractivity (Wildman–Crippen MR) is 127 cm³/mol. The molecule has 1 fully saturated rings. The van der Waals surface area contributed by atoms with Gasteiger partial charge >= 0.3 is 0 Å². The number of benzene rings is 3. The summed E-state index contributed by atoms with van der Waals surface area (Å²) in [6.07, 6.45) is 2.18. The number of rotatable bonds is 7. The summed E-state index contributed by atoms with van der Waals surface area (Å²) in [5, 5.41) is 4.68. The number of hydrogen-bond acceptors (Lipinski definition) is 5. The fourth-order valence-corrected chi connectivity index (χ4v) is 4.98. The van der Waals surface area contributed by atoms with E-state index in [4.69, 9.17) is 9.47 Å². The topological polar surface area (TPSA) is 51.1 Å². The Morgan fingerprint density at radius 1 is 1.03 bits per heavy atom. The van der Waals surface area contributed by atoms with Crippen LogP contribution in [0.5, 0.6) is 11.5 Å². The molecule has 0 saturated heterocycles. The number of hydrazone groups is 1. The van der Waals surface area contributed by atoms with Gasteiger partial charge in [-0.3, -0.25) is 4.79 Å². The number of carbonyl (C=O) groups is 1. The van der Waals surface area contributed by atoms with Crippen LogP contribution in [-0.4, -0.2) is 29.7 Å². The number of thioether (sulfide) groups is 1. The van der Waals surface area contributed by atoms with E-state index in [9.17, 15) is 22.4 Å². The molecule has 1 aliphatic carbocycles. The van der Waals surface area contributed by atoms with Crippen molar-refractivity contribution in [1.29, 1.82) is 0 Å². The Hall–Kier alpha value is -3.53. The second-order valence-electron chi connectivity index (χ2n) is 8.41. The molecule has 5 rings (SSSR count). The van der Waals surface area contributed by atoms with Gasteiger partial charge in [0.25, 0.3) is 5.91 Å². The van der Waals surface area contributed by atoms with Crippen molar-refractivity contribution < 1.29 is 31.8 Å². The van der Waals surface area contributed by atoms with Crippen molar-refractivity contribution in [1.82, 2.24) is 5.01 Å². The Balaban J connectivity index is 1.57. The molecule has 36 heavy (non-hydrogen) atoms. The van der Waals surface area contributed by atoms with E-state index in [-0.39, 0.29) is 0 Å². The number of nitrogens with zero attached hydrogens (tertiary/aromatic N) is 2. The molecule has 1 saturated carbocycles. The second kappa shape index (κ2) is 9.85. The van der Waals surface area contributed by atoms with Gasteiger partial charge in [0.05, 0.1) is 13.7 Å². The fourth-order valence-electron chi connectivity index (χ4n) is 3.81. The molecule has 0 spiro atoms. The van der Waals surface area contributed by atoms with Crippen LogP contribution in [0.25, 0.3) is 0 Å². The molecule has 2 aliphatic rings. The lowest BCUT2D eigenvalue weighted by molar-refractivity contribution is 0.0737. The molecule has 1 atom stereocenters. The highest BCUT2D eigenvalue weighted by Gasteiger charge is 2.39. The molecular formula is C26H20F4N2O3S. The molecule has 1 unspecified atom stereocenters. The van der Waals surface area contributed by atoms with E-state index >= 15 is 0 Å². The molecule has 1 amide bonds. The van der Waals surface area contributed by atoms with Crippen LogP contribution in [-0.2, 0) is 0 Å². The zero-order valence-electron chi connectivity index (χ0n) is 19.0. The molecular weight excluding hydrogens is 496 g/mol. The Labute approximate surface area is 208 Å². The van der Waals surface area contributed by atoms with Crippen LogP contribution in [0.3, 0.4) is 0 Å². The lowest BCUT2D eigenvalue weighted by Gasteiger charge is -2.24. The molecule has 1 heterocycles. The highest BCUT2D eigenvalue weighted by Crippen LogP contribution is 2.48. The fraction of sp³-hybridized carbons (Fsp3) is 0.231. The van der Waals surface area contributed by atoms with Crippen molar-refractivity contribution in [2.75, 3.05) is 13.7 Å². The van der Waals surface area contributed by atoms with Crippen molar-refractivity contribution >= 4 is 22.7 Å². The number of para-hydroxylation sites is 1. The SMILES string of the molecule is COc1c(OCC2CC2)cccc1C1SC(c2ccc(F)cc2)=NN1C(=O)c1c(F)cc(F)cc1F. The first-order valence-electron chi connectivity index (χ1n) is 11.1. The quantitative estimate of drug-likeness (QED) is 0.347. The zero-order valence-corrected chi connectivity index (χ0v) is 19.8. The van der Waals surface area contributed by atoms with Crippen LogP contribution in [0, 0.1) is 29.2 Å². The van der Waals surface area contributed by atoms with Gasteiger partial charge in [-0.25, -0.2) is 22.6 Å². The second-order valence-corrected chi connectivity index (χ2v) is 9.48. The summed E-state index contributed by atoms with van der Waals surface area (Å²) in [6.45, 7) is 0.517. The Morgan fingerprint density at radius 3 is 2.36 bits per heavy atom. The van der Waals surface area contributed by atoms with Crippen LogP contribution >= 0.6 is 11.8 Å². The van der Waals surface area contributed by atoms with E-state index in [0.717, 1.165) is 29.6 Å². The Kier molecular flexibility index (Phi) is 6.61. The molecule has 10 heteroatoms. The normalized spacial score (nSPS) is 17.2. The van der Waals surface area contributed by atoms with Gasteiger partial charge in [-0.05, 0) is 49.1 Å². The summed E-state index contributed by atoms with van der Waals surface area (Å²) in [4.78, 5) is 13.4. The molecule has 0 N–H and O–H groups in total. The molecule has 0 bridgehead atoms. The van der Waals surface area contributed by atoms with Gasteiger partial charge in [-0.2, -0.15) is 5.10 Å². The molecule has 0 aromatic heterocycles. The first kappa shape index (κ1) is 24.2. The molecule has 3 aromatic carbocycles. The Morgan fingerprint density at radius 2 is 1.72 bits per heavy atom. The third kappa shape index (κ3) is 4.77. The minimum atomic E-state index is -1.35. The number of halogens is 4. The summed E-state index contributed by atoms with van der Waals surface area (Å²) >= 11 is 1.12. The number of methoxy groups -OCH3 is 1. The first-order valence-corrected chi connectivity index (χ1v) is 12.0. The minimum absolute atomic E-state index is 0.322. The highest BCUT2D eigenvalue weighted by atomic mass is 32.2. The van der Waals surface area contributed by atoms with E-state index in [0.29, 0.717) is 52.3 Å². The smallest absolute Gasteiger partial charge is 0.281 e. The van der Waals surface area contributed by atoms with Crippen molar-refractivity contribution in [3.63, 3.8) is 0 Å². The van der Waals surface area contributed by atoms with Crippen LogP contribution in [0.4, 0.5) is 17.6 Å². The van der Waals surface area contributed by atoms with Gasteiger partial charge in [0.2, 0.25) is 0 Å². The summed E-state index contributed by atoms with van der Waals surface area (Å²) in [7, 11) is 1.45. The van der Waals surface area contributed by atoms with Gasteiger partial charge in [0.1, 0.15) is 39.2 Å². The number of carbonyl (C=O) groups excluding carboxylic acids is 1. The van der Waals surface area contributed by atoms with E-state index < -0.39 is 40.1 Å². The summed E-state index contributed by atoms with van der Waals surface area (Å²) in [5.74, 6) is -4.11. The van der Waals surface area contributed by atoms with Crippen molar-refractivity contribution in [2.45, 2.75) is 18.2 Å². The van der Waals surface area contributed by atoms with E-state index in [1.165, 1.54) is 31.4 Å². The Bertz CT molecular complexity index is 1320. The lowest BCUT2D eigenvalue weighted by Crippen LogP contribution is -2.28. The average Bonchev–Trinajstić information content (AvgIpc) is 3.58. The van der Waals surface area contributed by atoms with Crippen molar-refractivity contribution in [3.05, 3.63) is 94.6 Å². The lowest BCUT2D eigenvalue weighted by atomic mass is 10.1. The van der Waals surface area contributed by atoms with Crippen molar-refractivity contribution in [3.8, 4) is 11.5 Å². The van der Waals surface area contributed by atoms with Crippen LogP contribution in [0.1, 0.15) is 39.7 Å². The maximum atomic E-state index is 14.5. The highest BCUT2D eigenvalue weighted by molar-refractivity contribution is 8.14. The molecule has 1 aliphatic heterocycles. The third-order valence-corrected chi connectivity index (χ3v) is 7.03. The number of amides is 1. The maximum Gasteiger partial charge on any atom is 0.281 e. The van der Waals surface area contributed by atoms with Gasteiger partial charge in [0, 0.05) is 23.3 Å². The summed E-state index contributed by atoms with van der Waals surface area (Å²) in [5.41, 5.74) is 0.0426. The van der Waals surface area contributed by atoms with E-state index in [1.807, 2.05) is 0 Å². The van der Waals surface area contributed by atoms with Crippen LogP contribution in [0.15, 0.2) is 59.7 Å². The van der Waals surface area contributed by atoms with Gasteiger partial charge < -0.3 is 9.47 Å². The van der Waals surface area contributed by atoms with Gasteiger partial charge in [0.15, 0.2) is 11.5 Å². The van der Waals surface area contributed by atoms with E-state index in [2.05, 4.69) is 5.10 Å². The van der Waals surface area contributed by atoms with Gasteiger partial charge in [-0.15, -0.1) is 0 Å². The summed E-state index contributed by atoms with van der Waals surface area (Å²) < 4.78 is 67.6. The number of hydrogen-bond donors (Lipinski definition) is 0. The molecule has 186 valence electrons. The van der Waals surface area contributed by atoms with Crippen LogP contribution in [0.2, 0.25) is 0 Å². The standard InChI is InChI=1S/C26H20F4N2O3S/c1-34-23-18(3-2-4-21(23)35-13-14-5-6-14)26-32(25(33)22-19(29)11-17(28)12-20(22)30)31-24(36-26)15-7-9-16(27)10-8-15/h2-4,7-12,14,26H,5-6,13H2,1H3. The summed E-state index contributed by atoms with van der Waals surface area (Å²) in [6, 6.07) is 11.5. The zero-order chi connectivity index (χ0) is 25.4. The maximum absolute atomic E-state index is 14.5. The average molecular weight is 517 g/mol.